The highest BCUT2D eigenvalue weighted by atomic mass is 16.5. The maximum Gasteiger partial charge on any atom is 0.249 e. The van der Waals surface area contributed by atoms with Gasteiger partial charge in [0.25, 0.3) is 0 Å². The van der Waals surface area contributed by atoms with Crippen LogP contribution in [0.5, 0.6) is 0 Å². The van der Waals surface area contributed by atoms with Gasteiger partial charge in [0.15, 0.2) is 0 Å². The number of ether oxygens (including phenoxy) is 1. The van der Waals surface area contributed by atoms with E-state index in [1.165, 1.54) is 0 Å². The van der Waals surface area contributed by atoms with Crippen LogP contribution in [0.2, 0.25) is 0 Å². The number of benzene rings is 1. The van der Waals surface area contributed by atoms with Crippen molar-refractivity contribution >= 4 is 23.4 Å². The molecule has 3 amide bonds. The molecule has 0 aromatic heterocycles. The fraction of sp³-hybridized carbons (Fsp3) is 0.581. The summed E-state index contributed by atoms with van der Waals surface area (Å²) in [5.74, 6) is -2.09. The Kier molecular flexibility index (Phi) is 7.71. The molecule has 1 aromatic carbocycles. The summed E-state index contributed by atoms with van der Waals surface area (Å²) < 4.78 is 6.74. The first-order chi connectivity index (χ1) is 18.7. The highest BCUT2D eigenvalue weighted by Crippen LogP contribution is 2.54. The first-order valence-electron chi connectivity index (χ1n) is 14.4. The van der Waals surface area contributed by atoms with Crippen LogP contribution in [0.25, 0.3) is 0 Å². The van der Waals surface area contributed by atoms with Gasteiger partial charge >= 0.3 is 0 Å². The summed E-state index contributed by atoms with van der Waals surface area (Å²) in [6.07, 6.45) is 9.29. The molecule has 210 valence electrons. The first-order valence-corrected chi connectivity index (χ1v) is 14.4. The number of carbonyl (C=O) groups is 3. The molecule has 1 spiro atoms. The van der Waals surface area contributed by atoms with E-state index in [9.17, 15) is 19.5 Å². The molecule has 8 nitrogen and oxygen atoms in total. The summed E-state index contributed by atoms with van der Waals surface area (Å²) >= 11 is 0. The van der Waals surface area contributed by atoms with Gasteiger partial charge in [-0.2, -0.15) is 0 Å². The van der Waals surface area contributed by atoms with Crippen LogP contribution in [-0.4, -0.2) is 82.2 Å². The number of fused-ring (bicyclic) bond motifs is 2. The van der Waals surface area contributed by atoms with Crippen molar-refractivity contribution in [1.82, 2.24) is 9.80 Å². The fourth-order valence-corrected chi connectivity index (χ4v) is 7.12. The molecule has 0 bridgehead atoms. The summed E-state index contributed by atoms with van der Waals surface area (Å²) in [5, 5.41) is 10.5. The van der Waals surface area contributed by atoms with Gasteiger partial charge in [0.1, 0.15) is 11.6 Å². The minimum atomic E-state index is -1.28. The van der Waals surface area contributed by atoms with Crippen LogP contribution in [0.3, 0.4) is 0 Å². The van der Waals surface area contributed by atoms with Crippen LogP contribution in [0.15, 0.2) is 54.6 Å². The van der Waals surface area contributed by atoms with Crippen molar-refractivity contribution in [2.75, 3.05) is 24.6 Å². The Morgan fingerprint density at radius 2 is 1.77 bits per heavy atom. The van der Waals surface area contributed by atoms with E-state index in [-0.39, 0.29) is 36.3 Å². The largest absolute Gasteiger partial charge is 0.394 e. The third-order valence-corrected chi connectivity index (χ3v) is 8.78. The molecule has 2 saturated heterocycles. The van der Waals surface area contributed by atoms with Crippen molar-refractivity contribution in [1.29, 1.82) is 0 Å². The Morgan fingerprint density at radius 3 is 2.44 bits per heavy atom. The Morgan fingerprint density at radius 1 is 1.03 bits per heavy atom. The highest BCUT2D eigenvalue weighted by Gasteiger charge is 2.72. The van der Waals surface area contributed by atoms with E-state index in [1.807, 2.05) is 80.3 Å². The van der Waals surface area contributed by atoms with Gasteiger partial charge in [0, 0.05) is 24.8 Å². The number of rotatable bonds is 8. The summed E-state index contributed by atoms with van der Waals surface area (Å²) in [5.41, 5.74) is -0.526. The lowest BCUT2D eigenvalue weighted by molar-refractivity contribution is -0.152. The van der Waals surface area contributed by atoms with Gasteiger partial charge in [0.2, 0.25) is 17.7 Å². The third-order valence-electron chi connectivity index (χ3n) is 8.78. The molecule has 2 unspecified atom stereocenters. The zero-order chi connectivity index (χ0) is 27.9. The normalized spacial score (nSPS) is 31.7. The van der Waals surface area contributed by atoms with E-state index in [4.69, 9.17) is 4.74 Å². The van der Waals surface area contributed by atoms with Crippen LogP contribution < -0.4 is 4.90 Å². The standard InChI is InChI=1S/C31H41N3O5/c1-5-11-21(4)32-17-10-15-31-26(29(37)34(27(31)30(32)38)23(19-35)18-20(2)3)25-24(39-31)14-9-16-33(28(25)36)22-12-7-6-8-13-22/h6-10,12-15,20-21,23-27,35H,5,11,16-19H2,1-4H3/t21?,23-,24-,25+,26+,27?,31+/m1/s1. The van der Waals surface area contributed by atoms with Gasteiger partial charge in [-0.1, -0.05) is 69.7 Å². The predicted molar refractivity (Wildman–Crippen MR) is 149 cm³/mol. The molecule has 7 atom stereocenters. The maximum atomic E-state index is 14.5. The second-order valence-electron chi connectivity index (χ2n) is 11.8. The molecule has 8 heteroatoms. The lowest BCUT2D eigenvalue weighted by Crippen LogP contribution is -2.59. The average Bonchev–Trinajstić information content (AvgIpc) is 3.23. The number of aliphatic hydroxyl groups excluding tert-OH is 1. The molecule has 0 radical (unpaired) electrons. The second kappa shape index (κ2) is 10.9. The van der Waals surface area contributed by atoms with Gasteiger partial charge in [-0.3, -0.25) is 14.4 Å². The smallest absolute Gasteiger partial charge is 0.249 e. The molecular weight excluding hydrogens is 494 g/mol. The van der Waals surface area contributed by atoms with Crippen LogP contribution >= 0.6 is 0 Å². The molecule has 4 heterocycles. The molecule has 2 fully saturated rings. The SMILES string of the molecule is CCCC(C)N1CC=C[C@]23O[C@@H]4C=CCN(c5ccccc5)C(=O)[C@@H]4[C@H]2C(=O)N([C@@H](CO)CC(C)C)C3C1=O. The lowest BCUT2D eigenvalue weighted by Gasteiger charge is -2.40. The molecule has 1 aromatic rings. The van der Waals surface area contributed by atoms with Crippen LogP contribution in [0.1, 0.15) is 47.0 Å². The van der Waals surface area contributed by atoms with E-state index < -0.39 is 35.6 Å². The Balaban J connectivity index is 1.62. The Labute approximate surface area is 231 Å². The zero-order valence-electron chi connectivity index (χ0n) is 23.4. The number of nitrogens with zero attached hydrogens (tertiary/aromatic N) is 3. The van der Waals surface area contributed by atoms with E-state index in [2.05, 4.69) is 6.92 Å². The molecule has 0 saturated carbocycles. The van der Waals surface area contributed by atoms with Crippen molar-refractivity contribution in [2.24, 2.45) is 17.8 Å². The summed E-state index contributed by atoms with van der Waals surface area (Å²) in [6.45, 7) is 8.73. The molecule has 4 aliphatic heterocycles. The number of hydrogen-bond acceptors (Lipinski definition) is 5. The Hall–Kier alpha value is -2.97. The van der Waals surface area contributed by atoms with Crippen LogP contribution in [-0.2, 0) is 19.1 Å². The minimum Gasteiger partial charge on any atom is -0.394 e. The number of para-hydroxylation sites is 1. The monoisotopic (exact) mass is 535 g/mol. The number of aliphatic hydroxyl groups is 1. The van der Waals surface area contributed by atoms with E-state index in [1.54, 1.807) is 9.80 Å². The minimum absolute atomic E-state index is 0.0158. The number of carbonyl (C=O) groups excluding carboxylic acids is 3. The second-order valence-corrected chi connectivity index (χ2v) is 11.8. The summed E-state index contributed by atoms with van der Waals surface area (Å²) in [6, 6.07) is 7.93. The topological polar surface area (TPSA) is 90.4 Å². The van der Waals surface area contributed by atoms with Crippen molar-refractivity contribution in [2.45, 2.75) is 76.8 Å². The molecule has 0 aliphatic carbocycles. The molecule has 5 rings (SSSR count). The first kappa shape index (κ1) is 27.6. The van der Waals surface area contributed by atoms with Gasteiger partial charge in [-0.25, -0.2) is 0 Å². The van der Waals surface area contributed by atoms with Crippen LogP contribution in [0.4, 0.5) is 5.69 Å². The van der Waals surface area contributed by atoms with E-state index >= 15 is 0 Å². The van der Waals surface area contributed by atoms with Gasteiger partial charge in [-0.15, -0.1) is 0 Å². The zero-order valence-corrected chi connectivity index (χ0v) is 23.4. The van der Waals surface area contributed by atoms with Gasteiger partial charge in [-0.05, 0) is 37.8 Å². The van der Waals surface area contributed by atoms with Gasteiger partial charge in [0.05, 0.1) is 30.6 Å². The van der Waals surface area contributed by atoms with Gasteiger partial charge < -0.3 is 24.5 Å². The number of likely N-dealkylation sites (tertiary alicyclic amines) is 1. The molecule has 1 N–H and O–H groups in total. The lowest BCUT2D eigenvalue weighted by atomic mass is 9.77. The van der Waals surface area contributed by atoms with Crippen molar-refractivity contribution < 1.29 is 24.2 Å². The summed E-state index contributed by atoms with van der Waals surface area (Å²) in [7, 11) is 0. The van der Waals surface area contributed by atoms with Crippen molar-refractivity contribution in [3.8, 4) is 0 Å². The highest BCUT2D eigenvalue weighted by molar-refractivity contribution is 6.04. The van der Waals surface area contributed by atoms with E-state index in [0.29, 0.717) is 19.5 Å². The predicted octanol–water partition coefficient (Wildman–Crippen LogP) is 3.16. The number of hydrogen-bond donors (Lipinski definition) is 1. The Bertz CT molecular complexity index is 1150. The van der Waals surface area contributed by atoms with Crippen molar-refractivity contribution in [3.05, 3.63) is 54.6 Å². The quantitative estimate of drug-likeness (QED) is 0.517. The number of amides is 3. The fourth-order valence-electron chi connectivity index (χ4n) is 7.12. The third kappa shape index (κ3) is 4.51. The van der Waals surface area contributed by atoms with Crippen LogP contribution in [0, 0.1) is 17.8 Å². The maximum absolute atomic E-state index is 14.5. The average molecular weight is 536 g/mol. The molecule has 4 aliphatic rings. The molecule has 39 heavy (non-hydrogen) atoms. The number of anilines is 1. The molecular formula is C31H41N3O5. The summed E-state index contributed by atoms with van der Waals surface area (Å²) in [4.78, 5) is 48.2. The van der Waals surface area contributed by atoms with E-state index in [0.717, 1.165) is 18.5 Å². The van der Waals surface area contributed by atoms with Crippen molar-refractivity contribution in [3.63, 3.8) is 0 Å².